The smallest absolute Gasteiger partial charge is 0.342 e. The molecule has 1 aromatic carbocycles. The molecule has 0 saturated carbocycles. The zero-order valence-corrected chi connectivity index (χ0v) is 13.7. The highest BCUT2D eigenvalue weighted by Crippen LogP contribution is 2.21. The number of amides is 1. The van der Waals surface area contributed by atoms with Crippen molar-refractivity contribution >= 4 is 5.91 Å². The van der Waals surface area contributed by atoms with E-state index in [9.17, 15) is 22.4 Å². The normalized spacial score (nSPS) is 16.7. The minimum absolute atomic E-state index is 0.0243. The second-order valence-electron chi connectivity index (χ2n) is 6.44. The SMILES string of the molecule is CN(CC1CCN(C(=O)Cc2ccc(F)cc2)CC1)CC(F)(F)F. The van der Waals surface area contributed by atoms with Crippen molar-refractivity contribution in [2.75, 3.05) is 33.2 Å². The molecule has 3 nitrogen and oxygen atoms in total. The number of benzene rings is 1. The number of carbonyl (C=O) groups excluding carboxylic acids is 1. The molecule has 0 spiro atoms. The Kier molecular flexibility index (Phi) is 6.21. The van der Waals surface area contributed by atoms with E-state index >= 15 is 0 Å². The molecular weight excluding hydrogens is 324 g/mol. The van der Waals surface area contributed by atoms with Gasteiger partial charge in [0.1, 0.15) is 5.82 Å². The summed E-state index contributed by atoms with van der Waals surface area (Å²) in [7, 11) is 1.47. The molecule has 1 amide bonds. The summed E-state index contributed by atoms with van der Waals surface area (Å²) in [5.74, 6) is -0.189. The molecular formula is C17H22F4N2O. The zero-order valence-electron chi connectivity index (χ0n) is 13.7. The van der Waals surface area contributed by atoms with Gasteiger partial charge in [0.2, 0.25) is 5.91 Å². The molecule has 0 aliphatic carbocycles. The van der Waals surface area contributed by atoms with E-state index in [2.05, 4.69) is 0 Å². The molecule has 7 heteroatoms. The van der Waals surface area contributed by atoms with E-state index < -0.39 is 12.7 Å². The Bertz CT molecular complexity index is 537. The summed E-state index contributed by atoms with van der Waals surface area (Å²) >= 11 is 0. The first-order valence-electron chi connectivity index (χ1n) is 8.00. The summed E-state index contributed by atoms with van der Waals surface area (Å²) < 4.78 is 49.9. The largest absolute Gasteiger partial charge is 0.401 e. The van der Waals surface area contributed by atoms with Crippen molar-refractivity contribution in [3.05, 3.63) is 35.6 Å². The molecule has 1 aliphatic heterocycles. The third kappa shape index (κ3) is 6.11. The number of carbonyl (C=O) groups is 1. The molecule has 2 rings (SSSR count). The maximum Gasteiger partial charge on any atom is 0.401 e. The average Bonchev–Trinajstić information content (AvgIpc) is 2.48. The van der Waals surface area contributed by atoms with Crippen LogP contribution < -0.4 is 0 Å². The van der Waals surface area contributed by atoms with Crippen molar-refractivity contribution in [2.24, 2.45) is 5.92 Å². The van der Waals surface area contributed by atoms with Crippen molar-refractivity contribution in [1.82, 2.24) is 9.80 Å². The van der Waals surface area contributed by atoms with E-state index in [1.54, 1.807) is 17.0 Å². The second-order valence-corrected chi connectivity index (χ2v) is 6.44. The number of hydrogen-bond acceptors (Lipinski definition) is 2. The first-order valence-corrected chi connectivity index (χ1v) is 8.00. The number of piperidine rings is 1. The molecule has 0 radical (unpaired) electrons. The van der Waals surface area contributed by atoms with Gasteiger partial charge < -0.3 is 4.90 Å². The summed E-state index contributed by atoms with van der Waals surface area (Å²) in [5, 5.41) is 0. The molecule has 0 bridgehead atoms. The van der Waals surface area contributed by atoms with E-state index in [0.29, 0.717) is 32.5 Å². The van der Waals surface area contributed by atoms with Crippen LogP contribution in [-0.2, 0) is 11.2 Å². The fraction of sp³-hybridized carbons (Fsp3) is 0.588. The first kappa shape index (κ1) is 18.7. The molecule has 24 heavy (non-hydrogen) atoms. The van der Waals surface area contributed by atoms with Crippen molar-refractivity contribution in [3.8, 4) is 0 Å². The minimum Gasteiger partial charge on any atom is -0.342 e. The number of hydrogen-bond donors (Lipinski definition) is 0. The standard InChI is InChI=1S/C17H22F4N2O/c1-22(12-17(19,20)21)11-14-6-8-23(9-7-14)16(24)10-13-2-4-15(18)5-3-13/h2-5,14H,6-12H2,1H3. The van der Waals surface area contributed by atoms with Gasteiger partial charge >= 0.3 is 6.18 Å². The molecule has 1 aromatic rings. The van der Waals surface area contributed by atoms with Crippen LogP contribution in [0.25, 0.3) is 0 Å². The van der Waals surface area contributed by atoms with Crippen LogP contribution in [0, 0.1) is 11.7 Å². The molecule has 1 aliphatic rings. The lowest BCUT2D eigenvalue weighted by atomic mass is 9.96. The number of nitrogens with zero attached hydrogens (tertiary/aromatic N) is 2. The van der Waals surface area contributed by atoms with Gasteiger partial charge in [0.25, 0.3) is 0 Å². The van der Waals surface area contributed by atoms with E-state index in [1.165, 1.54) is 24.1 Å². The molecule has 1 saturated heterocycles. The van der Waals surface area contributed by atoms with E-state index in [4.69, 9.17) is 0 Å². The molecule has 1 heterocycles. The quantitative estimate of drug-likeness (QED) is 0.765. The lowest BCUT2D eigenvalue weighted by Crippen LogP contribution is -2.42. The van der Waals surface area contributed by atoms with Crippen LogP contribution >= 0.6 is 0 Å². The maximum atomic E-state index is 12.9. The van der Waals surface area contributed by atoms with E-state index in [0.717, 1.165) is 5.56 Å². The van der Waals surface area contributed by atoms with Crippen LogP contribution in [0.2, 0.25) is 0 Å². The Balaban J connectivity index is 1.75. The summed E-state index contributed by atoms with van der Waals surface area (Å²) in [6.45, 7) is 0.602. The molecule has 0 aromatic heterocycles. The monoisotopic (exact) mass is 346 g/mol. The van der Waals surface area contributed by atoms with E-state index in [-0.39, 0.29) is 24.1 Å². The van der Waals surface area contributed by atoms with Gasteiger partial charge in [0.15, 0.2) is 0 Å². The van der Waals surface area contributed by atoms with Crippen LogP contribution in [0.15, 0.2) is 24.3 Å². The van der Waals surface area contributed by atoms with Gasteiger partial charge in [-0.25, -0.2) is 4.39 Å². The van der Waals surface area contributed by atoms with Crippen LogP contribution in [0.1, 0.15) is 18.4 Å². The molecule has 0 atom stereocenters. The zero-order chi connectivity index (χ0) is 17.7. The Morgan fingerprint density at radius 1 is 1.21 bits per heavy atom. The highest BCUT2D eigenvalue weighted by molar-refractivity contribution is 5.78. The predicted octanol–water partition coefficient (Wildman–Crippen LogP) is 3.10. The third-order valence-corrected chi connectivity index (χ3v) is 4.25. The predicted molar refractivity (Wildman–Crippen MR) is 83.0 cm³/mol. The van der Waals surface area contributed by atoms with Crippen molar-refractivity contribution in [3.63, 3.8) is 0 Å². The summed E-state index contributed by atoms with van der Waals surface area (Å²) in [4.78, 5) is 15.3. The maximum absolute atomic E-state index is 12.9. The van der Waals surface area contributed by atoms with Gasteiger partial charge in [-0.2, -0.15) is 13.2 Å². The van der Waals surface area contributed by atoms with Gasteiger partial charge in [-0.1, -0.05) is 12.1 Å². The van der Waals surface area contributed by atoms with Crippen LogP contribution in [0.4, 0.5) is 17.6 Å². The van der Waals surface area contributed by atoms with E-state index in [1.807, 2.05) is 0 Å². The number of likely N-dealkylation sites (tertiary alicyclic amines) is 1. The van der Waals surface area contributed by atoms with Gasteiger partial charge in [-0.15, -0.1) is 0 Å². The highest BCUT2D eigenvalue weighted by atomic mass is 19.4. The third-order valence-electron chi connectivity index (χ3n) is 4.25. The molecule has 0 unspecified atom stereocenters. The highest BCUT2D eigenvalue weighted by Gasteiger charge is 2.31. The second kappa shape index (κ2) is 7.96. The fourth-order valence-electron chi connectivity index (χ4n) is 3.06. The van der Waals surface area contributed by atoms with Crippen LogP contribution in [0.3, 0.4) is 0 Å². The summed E-state index contributed by atoms with van der Waals surface area (Å²) in [5.41, 5.74) is 0.758. The Hall–Kier alpha value is -1.63. The Morgan fingerprint density at radius 3 is 2.33 bits per heavy atom. The Labute approximate surface area is 139 Å². The summed E-state index contributed by atoms with van der Waals surface area (Å²) in [6.07, 6.45) is -2.55. The minimum atomic E-state index is -4.18. The van der Waals surface area contributed by atoms with Crippen LogP contribution in [0.5, 0.6) is 0 Å². The Morgan fingerprint density at radius 2 is 1.79 bits per heavy atom. The lowest BCUT2D eigenvalue weighted by molar-refractivity contribution is -0.144. The van der Waals surface area contributed by atoms with Crippen LogP contribution in [-0.4, -0.2) is 55.1 Å². The number of alkyl halides is 3. The van der Waals surface area contributed by atoms with Gasteiger partial charge in [0.05, 0.1) is 13.0 Å². The molecule has 0 N–H and O–H groups in total. The van der Waals surface area contributed by atoms with Gasteiger partial charge in [-0.05, 0) is 43.5 Å². The number of halogens is 4. The van der Waals surface area contributed by atoms with Crippen molar-refractivity contribution in [1.29, 1.82) is 0 Å². The van der Waals surface area contributed by atoms with Crippen molar-refractivity contribution in [2.45, 2.75) is 25.4 Å². The van der Waals surface area contributed by atoms with Gasteiger partial charge in [0, 0.05) is 19.6 Å². The van der Waals surface area contributed by atoms with Gasteiger partial charge in [-0.3, -0.25) is 9.69 Å². The number of rotatable bonds is 5. The topological polar surface area (TPSA) is 23.6 Å². The molecule has 134 valence electrons. The lowest BCUT2D eigenvalue weighted by Gasteiger charge is -2.34. The fourth-order valence-corrected chi connectivity index (χ4v) is 3.06. The average molecular weight is 346 g/mol. The summed E-state index contributed by atoms with van der Waals surface area (Å²) in [6, 6.07) is 5.83. The van der Waals surface area contributed by atoms with Crippen molar-refractivity contribution < 1.29 is 22.4 Å². The first-order chi connectivity index (χ1) is 11.2. The molecule has 1 fully saturated rings.